The van der Waals surface area contributed by atoms with Gasteiger partial charge in [-0.05, 0) is 17.9 Å². The van der Waals surface area contributed by atoms with Crippen molar-refractivity contribution in [1.82, 2.24) is 4.90 Å². The maximum atomic E-state index is 11.3. The second-order valence-corrected chi connectivity index (χ2v) is 4.29. The van der Waals surface area contributed by atoms with Crippen molar-refractivity contribution < 1.29 is 14.3 Å². The van der Waals surface area contributed by atoms with Crippen molar-refractivity contribution in [3.8, 4) is 0 Å². The monoisotopic (exact) mass is 225 g/mol. The molecule has 0 spiro atoms. The lowest BCUT2D eigenvalue weighted by Gasteiger charge is -2.24. The summed E-state index contributed by atoms with van der Waals surface area (Å²) in [5, 5.41) is 1.98. The first-order valence-corrected chi connectivity index (χ1v) is 5.58. The normalized spacial score (nSPS) is 17.2. The number of nitrogens with zero attached hydrogens (tertiary/aromatic N) is 1. The molecule has 2 amide bonds. The Bertz CT molecular complexity index is 345. The van der Waals surface area contributed by atoms with Crippen molar-refractivity contribution in [3.63, 3.8) is 0 Å². The van der Waals surface area contributed by atoms with Crippen LogP contribution in [0.1, 0.15) is 4.88 Å². The standard InChI is InChI=1S/C10H11NO3S/c12-9-6-14-7-10(13)11(9)4-3-8-2-1-5-15-8/h1-2,5H,3-4,6-7H2. The number of hydrogen-bond acceptors (Lipinski definition) is 4. The van der Waals surface area contributed by atoms with Crippen molar-refractivity contribution in [2.45, 2.75) is 6.42 Å². The number of amides is 2. The first-order chi connectivity index (χ1) is 7.27. The molecule has 1 fully saturated rings. The van der Waals surface area contributed by atoms with Crippen LogP contribution in [0.4, 0.5) is 0 Å². The van der Waals surface area contributed by atoms with E-state index in [4.69, 9.17) is 4.74 Å². The molecular formula is C10H11NO3S. The van der Waals surface area contributed by atoms with Gasteiger partial charge in [0.25, 0.3) is 11.8 Å². The number of carbonyl (C=O) groups is 2. The Kier molecular flexibility index (Phi) is 3.13. The van der Waals surface area contributed by atoms with Gasteiger partial charge in [-0.2, -0.15) is 0 Å². The Morgan fingerprint density at radius 1 is 1.33 bits per heavy atom. The number of morpholine rings is 1. The summed E-state index contributed by atoms with van der Waals surface area (Å²) in [6.07, 6.45) is 0.731. The zero-order chi connectivity index (χ0) is 10.7. The molecule has 2 rings (SSSR count). The van der Waals surface area contributed by atoms with E-state index in [-0.39, 0.29) is 25.0 Å². The van der Waals surface area contributed by atoms with E-state index in [1.54, 1.807) is 11.3 Å². The summed E-state index contributed by atoms with van der Waals surface area (Å²) in [5.41, 5.74) is 0. The molecule has 2 heterocycles. The highest BCUT2D eigenvalue weighted by Gasteiger charge is 2.25. The molecule has 80 valence electrons. The average molecular weight is 225 g/mol. The number of rotatable bonds is 3. The zero-order valence-electron chi connectivity index (χ0n) is 8.14. The van der Waals surface area contributed by atoms with Crippen LogP contribution in [0.2, 0.25) is 0 Å². The summed E-state index contributed by atoms with van der Waals surface area (Å²) in [4.78, 5) is 25.2. The van der Waals surface area contributed by atoms with E-state index in [0.29, 0.717) is 6.54 Å². The minimum Gasteiger partial charge on any atom is -0.362 e. The van der Waals surface area contributed by atoms with Crippen molar-refractivity contribution in [3.05, 3.63) is 22.4 Å². The molecule has 0 N–H and O–H groups in total. The third-order valence-corrected chi connectivity index (χ3v) is 3.15. The summed E-state index contributed by atoms with van der Waals surface area (Å²) in [7, 11) is 0. The zero-order valence-corrected chi connectivity index (χ0v) is 8.96. The minimum atomic E-state index is -0.234. The second kappa shape index (κ2) is 4.55. The molecule has 0 aliphatic carbocycles. The Balaban J connectivity index is 1.92. The van der Waals surface area contributed by atoms with Crippen LogP contribution >= 0.6 is 11.3 Å². The Morgan fingerprint density at radius 3 is 2.67 bits per heavy atom. The first kappa shape index (κ1) is 10.3. The topological polar surface area (TPSA) is 46.6 Å². The largest absolute Gasteiger partial charge is 0.362 e. The molecule has 0 radical (unpaired) electrons. The molecule has 0 aromatic carbocycles. The van der Waals surface area contributed by atoms with Gasteiger partial charge in [-0.25, -0.2) is 0 Å². The van der Waals surface area contributed by atoms with Crippen LogP contribution in [0.15, 0.2) is 17.5 Å². The van der Waals surface area contributed by atoms with Crippen molar-refractivity contribution >= 4 is 23.2 Å². The maximum absolute atomic E-state index is 11.3. The molecular weight excluding hydrogens is 214 g/mol. The van der Waals surface area contributed by atoms with Crippen LogP contribution in [0.5, 0.6) is 0 Å². The summed E-state index contributed by atoms with van der Waals surface area (Å²) in [6, 6.07) is 3.96. The predicted octanol–water partition coefficient (Wildman–Crippen LogP) is 0.676. The van der Waals surface area contributed by atoms with E-state index in [2.05, 4.69) is 0 Å². The van der Waals surface area contributed by atoms with E-state index >= 15 is 0 Å². The van der Waals surface area contributed by atoms with Gasteiger partial charge in [-0.1, -0.05) is 6.07 Å². The van der Waals surface area contributed by atoms with Crippen LogP contribution in [0, 0.1) is 0 Å². The minimum absolute atomic E-state index is 0.0240. The van der Waals surface area contributed by atoms with Gasteiger partial charge in [0.15, 0.2) is 0 Å². The fourth-order valence-corrected chi connectivity index (χ4v) is 2.15. The molecule has 0 saturated carbocycles. The van der Waals surface area contributed by atoms with Crippen LogP contribution in [-0.4, -0.2) is 36.5 Å². The van der Waals surface area contributed by atoms with Crippen molar-refractivity contribution in [2.75, 3.05) is 19.8 Å². The molecule has 1 saturated heterocycles. The highest BCUT2D eigenvalue weighted by atomic mass is 32.1. The van der Waals surface area contributed by atoms with E-state index in [1.165, 1.54) is 9.78 Å². The predicted molar refractivity (Wildman–Crippen MR) is 55.6 cm³/mol. The van der Waals surface area contributed by atoms with Crippen LogP contribution in [-0.2, 0) is 20.7 Å². The lowest BCUT2D eigenvalue weighted by molar-refractivity contribution is -0.158. The van der Waals surface area contributed by atoms with Gasteiger partial charge < -0.3 is 4.74 Å². The van der Waals surface area contributed by atoms with Gasteiger partial charge in [-0.15, -0.1) is 11.3 Å². The smallest absolute Gasteiger partial charge is 0.255 e. The summed E-state index contributed by atoms with van der Waals surface area (Å²) < 4.78 is 4.82. The SMILES string of the molecule is O=C1COCC(=O)N1CCc1cccs1. The molecule has 15 heavy (non-hydrogen) atoms. The van der Waals surface area contributed by atoms with E-state index < -0.39 is 0 Å². The Morgan fingerprint density at radius 2 is 2.07 bits per heavy atom. The molecule has 0 unspecified atom stereocenters. The lowest BCUT2D eigenvalue weighted by Crippen LogP contribution is -2.46. The summed E-state index contributed by atoms with van der Waals surface area (Å²) in [5.74, 6) is -0.467. The van der Waals surface area contributed by atoms with Gasteiger partial charge in [0.05, 0.1) is 0 Å². The fraction of sp³-hybridized carbons (Fsp3) is 0.400. The molecule has 1 aliphatic rings. The number of imide groups is 1. The van der Waals surface area contributed by atoms with Crippen molar-refractivity contribution in [1.29, 1.82) is 0 Å². The quantitative estimate of drug-likeness (QED) is 0.710. The first-order valence-electron chi connectivity index (χ1n) is 4.70. The van der Waals surface area contributed by atoms with Gasteiger partial charge in [0.2, 0.25) is 0 Å². The molecule has 1 aromatic heterocycles. The third kappa shape index (κ3) is 2.43. The van der Waals surface area contributed by atoms with Crippen molar-refractivity contribution in [2.24, 2.45) is 0 Å². The van der Waals surface area contributed by atoms with Gasteiger partial charge in [-0.3, -0.25) is 14.5 Å². The molecule has 1 aromatic rings. The highest BCUT2D eigenvalue weighted by Crippen LogP contribution is 2.11. The number of ether oxygens (including phenoxy) is 1. The second-order valence-electron chi connectivity index (χ2n) is 3.26. The van der Waals surface area contributed by atoms with Crippen LogP contribution in [0.3, 0.4) is 0 Å². The fourth-order valence-electron chi connectivity index (χ4n) is 1.45. The van der Waals surface area contributed by atoms with E-state index in [0.717, 1.165) is 6.42 Å². The van der Waals surface area contributed by atoms with Crippen LogP contribution < -0.4 is 0 Å². The van der Waals surface area contributed by atoms with E-state index in [9.17, 15) is 9.59 Å². The molecule has 0 atom stereocenters. The van der Waals surface area contributed by atoms with Gasteiger partial charge in [0, 0.05) is 11.4 Å². The molecule has 5 heteroatoms. The number of carbonyl (C=O) groups excluding carboxylic acids is 2. The number of thiophene rings is 1. The summed E-state index contributed by atoms with van der Waals surface area (Å²) >= 11 is 1.63. The maximum Gasteiger partial charge on any atom is 0.255 e. The number of hydrogen-bond donors (Lipinski definition) is 0. The Hall–Kier alpha value is -1.20. The Labute approximate surface area is 91.5 Å². The molecule has 4 nitrogen and oxygen atoms in total. The van der Waals surface area contributed by atoms with Gasteiger partial charge in [0.1, 0.15) is 13.2 Å². The third-order valence-electron chi connectivity index (χ3n) is 2.22. The highest BCUT2D eigenvalue weighted by molar-refractivity contribution is 7.09. The van der Waals surface area contributed by atoms with Gasteiger partial charge >= 0.3 is 0 Å². The lowest BCUT2D eigenvalue weighted by atomic mass is 10.3. The molecule has 1 aliphatic heterocycles. The van der Waals surface area contributed by atoms with Crippen LogP contribution in [0.25, 0.3) is 0 Å². The molecule has 0 bridgehead atoms. The average Bonchev–Trinajstić information content (AvgIpc) is 2.70. The summed E-state index contributed by atoms with van der Waals surface area (Å²) in [6.45, 7) is 0.508. The van der Waals surface area contributed by atoms with E-state index in [1.807, 2.05) is 17.5 Å².